The fraction of sp³-hybridized carbons (Fsp3) is 0.500. The van der Waals surface area contributed by atoms with Gasteiger partial charge in [0.05, 0.1) is 4.90 Å². The van der Waals surface area contributed by atoms with E-state index < -0.39 is 39.0 Å². The van der Waals surface area contributed by atoms with Crippen LogP contribution >= 0.6 is 0 Å². The highest BCUT2D eigenvalue weighted by molar-refractivity contribution is 7.89. The van der Waals surface area contributed by atoms with Gasteiger partial charge in [0, 0.05) is 62.0 Å². The number of sulfonamides is 1. The Kier molecular flexibility index (Phi) is 11.4. The van der Waals surface area contributed by atoms with Crippen LogP contribution in [-0.4, -0.2) is 74.1 Å². The van der Waals surface area contributed by atoms with Gasteiger partial charge in [-0.2, -0.15) is 4.31 Å². The van der Waals surface area contributed by atoms with Crippen LogP contribution < -0.4 is 5.32 Å². The number of rotatable bonds is 10. The van der Waals surface area contributed by atoms with Gasteiger partial charge in [-0.15, -0.1) is 0 Å². The molecule has 0 aromatic heterocycles. The van der Waals surface area contributed by atoms with E-state index in [1.54, 1.807) is 74.2 Å². The van der Waals surface area contributed by atoms with Crippen molar-refractivity contribution in [3.63, 3.8) is 0 Å². The van der Waals surface area contributed by atoms with Gasteiger partial charge in [-0.25, -0.2) is 22.0 Å². The van der Waals surface area contributed by atoms with Crippen LogP contribution in [0.3, 0.4) is 0 Å². The van der Waals surface area contributed by atoms with Gasteiger partial charge >= 0.3 is 6.09 Å². The van der Waals surface area contributed by atoms with Crippen LogP contribution in [0.5, 0.6) is 0 Å². The van der Waals surface area contributed by atoms with Crippen molar-refractivity contribution in [3.8, 4) is 0 Å². The predicted molar refractivity (Wildman–Crippen MR) is 194 cm³/mol. The first kappa shape index (κ1) is 37.9. The quantitative estimate of drug-likeness (QED) is 0.231. The van der Waals surface area contributed by atoms with Crippen molar-refractivity contribution < 1.29 is 36.3 Å². The molecule has 9 nitrogen and oxygen atoms in total. The summed E-state index contributed by atoms with van der Waals surface area (Å²) in [5.41, 5.74) is 0.288. The average Bonchev–Trinajstić information content (AvgIpc) is 3.90. The zero-order valence-electron chi connectivity index (χ0n) is 30.2. The maximum absolute atomic E-state index is 15.7. The smallest absolute Gasteiger partial charge is 0.410 e. The molecular weight excluding hydrogens is 689 g/mol. The summed E-state index contributed by atoms with van der Waals surface area (Å²) in [6.07, 6.45) is 2.98. The summed E-state index contributed by atoms with van der Waals surface area (Å²) in [5, 5.41) is 2.94. The molecule has 2 aliphatic heterocycles. The lowest BCUT2D eigenvalue weighted by Crippen LogP contribution is -2.46. The molecule has 2 unspecified atom stereocenters. The molecule has 3 aromatic rings. The first-order valence-corrected chi connectivity index (χ1v) is 19.6. The second kappa shape index (κ2) is 15.6. The van der Waals surface area contributed by atoms with Crippen molar-refractivity contribution in [1.29, 1.82) is 0 Å². The number of ether oxygens (including phenoxy) is 2. The first-order valence-electron chi connectivity index (χ1n) is 18.2. The number of amides is 2. The molecule has 2 saturated heterocycles. The van der Waals surface area contributed by atoms with E-state index in [1.807, 2.05) is 0 Å². The summed E-state index contributed by atoms with van der Waals surface area (Å²) in [6, 6.07) is 18.3. The Labute approximate surface area is 305 Å². The zero-order valence-corrected chi connectivity index (χ0v) is 31.0. The highest BCUT2D eigenvalue weighted by Crippen LogP contribution is 2.50. The number of nitrogens with zero attached hydrogens (tertiary/aromatic N) is 2. The van der Waals surface area contributed by atoms with Crippen molar-refractivity contribution in [2.24, 2.45) is 11.3 Å². The minimum absolute atomic E-state index is 0.0727. The van der Waals surface area contributed by atoms with Gasteiger partial charge in [0.25, 0.3) is 0 Å². The molecule has 2 atom stereocenters. The summed E-state index contributed by atoms with van der Waals surface area (Å²) in [4.78, 5) is 28.9. The van der Waals surface area contributed by atoms with E-state index in [1.165, 1.54) is 28.6 Å². The van der Waals surface area contributed by atoms with Gasteiger partial charge < -0.3 is 19.7 Å². The first-order chi connectivity index (χ1) is 24.7. The van der Waals surface area contributed by atoms with E-state index in [0.717, 1.165) is 31.2 Å². The normalized spacial score (nSPS) is 20.2. The van der Waals surface area contributed by atoms with E-state index in [0.29, 0.717) is 25.4 Å². The summed E-state index contributed by atoms with van der Waals surface area (Å²) in [7, 11) is -3.99. The molecule has 0 radical (unpaired) electrons. The molecule has 1 spiro atoms. The van der Waals surface area contributed by atoms with Crippen molar-refractivity contribution >= 4 is 27.7 Å². The van der Waals surface area contributed by atoms with E-state index in [9.17, 15) is 22.4 Å². The Balaban J connectivity index is 1.25. The van der Waals surface area contributed by atoms with Crippen LogP contribution in [0.1, 0.15) is 76.3 Å². The molecule has 12 heteroatoms. The minimum atomic E-state index is -3.99. The number of hydrogen-bond donors (Lipinski definition) is 1. The SMILES string of the molecule is CC(C)(C)OC(=O)N1CC(CCc2c(F)cccc2NC(=O)CC(c2ccc(F)cc2)C2CCOCC2)N(S(=O)(=O)c2ccccc2)CC2(CC2)C1. The molecule has 3 fully saturated rings. The minimum Gasteiger partial charge on any atom is -0.444 e. The number of halogens is 2. The van der Waals surface area contributed by atoms with Gasteiger partial charge in [-0.1, -0.05) is 36.4 Å². The molecule has 3 aromatic carbocycles. The second-order valence-electron chi connectivity index (χ2n) is 15.5. The topological polar surface area (TPSA) is 105 Å². The van der Waals surface area contributed by atoms with Crippen molar-refractivity contribution in [2.75, 3.05) is 38.2 Å². The number of hydrogen-bond acceptors (Lipinski definition) is 6. The number of carbonyl (C=O) groups is 2. The number of nitrogens with one attached hydrogen (secondary N) is 1. The van der Waals surface area contributed by atoms with Crippen LogP contribution in [-0.2, 0) is 30.7 Å². The Hall–Kier alpha value is -3.87. The largest absolute Gasteiger partial charge is 0.444 e. The molecule has 52 heavy (non-hydrogen) atoms. The van der Waals surface area contributed by atoms with E-state index >= 15 is 4.39 Å². The fourth-order valence-electron chi connectivity index (χ4n) is 7.55. The molecule has 0 bridgehead atoms. The molecule has 2 amide bonds. The van der Waals surface area contributed by atoms with Crippen LogP contribution in [0.25, 0.3) is 0 Å². The Morgan fingerprint density at radius 3 is 2.31 bits per heavy atom. The van der Waals surface area contributed by atoms with E-state index in [4.69, 9.17) is 9.47 Å². The van der Waals surface area contributed by atoms with Gasteiger partial charge in [0.2, 0.25) is 15.9 Å². The molecule has 1 aliphatic carbocycles. The summed E-state index contributed by atoms with van der Waals surface area (Å²) < 4.78 is 70.8. The highest BCUT2D eigenvalue weighted by atomic mass is 32.2. The molecule has 6 rings (SSSR count). The molecule has 3 aliphatic rings. The molecule has 1 saturated carbocycles. The summed E-state index contributed by atoms with van der Waals surface area (Å²) >= 11 is 0. The number of anilines is 1. The summed E-state index contributed by atoms with van der Waals surface area (Å²) in [6.45, 7) is 7.21. The maximum Gasteiger partial charge on any atom is 0.410 e. The fourth-order valence-corrected chi connectivity index (χ4v) is 9.33. The average molecular weight is 738 g/mol. The monoisotopic (exact) mass is 737 g/mol. The standard InChI is InChI=1S/C40H49F2N3O6S/c1-39(2,3)51-38(47)44-25-31(45(27-40(26-44)20-21-40)52(48,49)32-8-5-4-6-9-32)16-17-33-35(42)10-7-11-36(33)43-37(46)24-34(29-18-22-50-23-19-29)28-12-14-30(41)15-13-28/h4-15,29,31,34H,16-27H2,1-3H3,(H,43,46). The van der Waals surface area contributed by atoms with Gasteiger partial charge in [-0.3, -0.25) is 4.79 Å². The van der Waals surface area contributed by atoms with Gasteiger partial charge in [0.1, 0.15) is 17.2 Å². The predicted octanol–water partition coefficient (Wildman–Crippen LogP) is 7.53. The van der Waals surface area contributed by atoms with Crippen LogP contribution in [0, 0.1) is 23.0 Å². The Morgan fingerprint density at radius 1 is 0.962 bits per heavy atom. The van der Waals surface area contributed by atoms with Crippen molar-refractivity contribution in [2.45, 2.75) is 88.2 Å². The molecule has 280 valence electrons. The molecule has 2 heterocycles. The van der Waals surface area contributed by atoms with Crippen LogP contribution in [0.2, 0.25) is 0 Å². The lowest BCUT2D eigenvalue weighted by molar-refractivity contribution is -0.117. The van der Waals surface area contributed by atoms with Gasteiger partial charge in [-0.05, 0) is 113 Å². The van der Waals surface area contributed by atoms with Gasteiger partial charge in [0.15, 0.2) is 0 Å². The van der Waals surface area contributed by atoms with E-state index in [2.05, 4.69) is 5.32 Å². The lowest BCUT2D eigenvalue weighted by atomic mass is 9.79. The molecular formula is C40H49F2N3O6S. The van der Waals surface area contributed by atoms with Crippen LogP contribution in [0.15, 0.2) is 77.7 Å². The highest BCUT2D eigenvalue weighted by Gasteiger charge is 2.52. The van der Waals surface area contributed by atoms with Crippen molar-refractivity contribution in [1.82, 2.24) is 9.21 Å². The Bertz CT molecular complexity index is 1820. The van der Waals surface area contributed by atoms with Crippen molar-refractivity contribution in [3.05, 3.63) is 95.6 Å². The Morgan fingerprint density at radius 2 is 1.65 bits per heavy atom. The summed E-state index contributed by atoms with van der Waals surface area (Å²) in [5.74, 6) is -1.20. The third-order valence-corrected chi connectivity index (χ3v) is 12.4. The third kappa shape index (κ3) is 9.19. The second-order valence-corrected chi connectivity index (χ2v) is 17.4. The van der Waals surface area contributed by atoms with E-state index in [-0.39, 0.29) is 66.4 Å². The van der Waals surface area contributed by atoms with Crippen LogP contribution in [0.4, 0.5) is 19.3 Å². The maximum atomic E-state index is 15.7. The third-order valence-electron chi connectivity index (χ3n) is 10.5. The number of benzene rings is 3. The molecule has 1 N–H and O–H groups in total. The lowest BCUT2D eigenvalue weighted by Gasteiger charge is -2.32. The zero-order chi connectivity index (χ0) is 37.1. The number of carbonyl (C=O) groups excluding carboxylic acids is 2.